The lowest BCUT2D eigenvalue weighted by molar-refractivity contribution is 0.122. The van der Waals surface area contributed by atoms with E-state index in [1.807, 2.05) is 4.52 Å². The predicted octanol–water partition coefficient (Wildman–Crippen LogP) is 1.64. The van der Waals surface area contributed by atoms with E-state index in [1.54, 1.807) is 0 Å². The number of nitrogens with zero attached hydrogens (tertiary/aromatic N) is 3. The van der Waals surface area contributed by atoms with E-state index in [0.29, 0.717) is 5.92 Å². The Morgan fingerprint density at radius 3 is 2.76 bits per heavy atom. The third kappa shape index (κ3) is 2.51. The molecule has 2 saturated heterocycles. The Bertz CT molecular complexity index is 612. The van der Waals surface area contributed by atoms with E-state index in [-0.39, 0.29) is 0 Å². The van der Waals surface area contributed by atoms with Crippen molar-refractivity contribution in [2.45, 2.75) is 18.8 Å². The number of aromatic nitrogens is 2. The van der Waals surface area contributed by atoms with E-state index in [0.717, 1.165) is 39.4 Å². The molecule has 4 rings (SSSR count). The first-order chi connectivity index (χ1) is 10.4. The molecule has 2 aliphatic rings. The monoisotopic (exact) mass is 286 g/mol. The van der Waals surface area contributed by atoms with Gasteiger partial charge in [-0.1, -0.05) is 0 Å². The number of nitrogens with one attached hydrogen (secondary N) is 1. The van der Waals surface area contributed by atoms with Crippen LogP contribution in [0.1, 0.15) is 24.3 Å². The Kier molecular flexibility index (Phi) is 3.53. The minimum absolute atomic E-state index is 0.651. The van der Waals surface area contributed by atoms with Crippen LogP contribution in [0.2, 0.25) is 0 Å². The lowest BCUT2D eigenvalue weighted by Crippen LogP contribution is -2.36. The Morgan fingerprint density at radius 1 is 1.14 bits per heavy atom. The summed E-state index contributed by atoms with van der Waals surface area (Å²) in [6.07, 6.45) is 6.65. The van der Waals surface area contributed by atoms with Crippen LogP contribution in [0.5, 0.6) is 0 Å². The van der Waals surface area contributed by atoms with E-state index in [1.165, 1.54) is 29.6 Å². The summed E-state index contributed by atoms with van der Waals surface area (Å²) in [4.78, 5) is 2.37. The van der Waals surface area contributed by atoms with Crippen molar-refractivity contribution in [3.63, 3.8) is 0 Å². The van der Waals surface area contributed by atoms with Gasteiger partial charge in [0.05, 0.1) is 36.8 Å². The molecule has 0 aliphatic carbocycles. The molecule has 0 amide bonds. The highest BCUT2D eigenvalue weighted by Gasteiger charge is 2.19. The third-order valence-electron chi connectivity index (χ3n) is 4.69. The number of rotatable bonds is 2. The standard InChI is InChI=1S/C16H22N4O/c1-2-16-15(13-3-5-17-6-4-13)11-18-20(16)12-14(1)19-7-9-21-10-8-19/h1-2,11-13,17H,3-10H2. The van der Waals surface area contributed by atoms with E-state index in [2.05, 4.69) is 39.8 Å². The lowest BCUT2D eigenvalue weighted by atomic mass is 9.91. The molecule has 4 heterocycles. The molecule has 0 radical (unpaired) electrons. The molecule has 0 bridgehead atoms. The molecule has 2 aromatic heterocycles. The summed E-state index contributed by atoms with van der Waals surface area (Å²) in [5, 5.41) is 8.02. The number of morpholine rings is 1. The maximum absolute atomic E-state index is 5.42. The van der Waals surface area contributed by atoms with Gasteiger partial charge in [-0.15, -0.1) is 0 Å². The molecule has 2 fully saturated rings. The van der Waals surface area contributed by atoms with Gasteiger partial charge in [0.15, 0.2) is 0 Å². The Hall–Kier alpha value is -1.59. The number of hydrogen-bond acceptors (Lipinski definition) is 4. The van der Waals surface area contributed by atoms with Crippen LogP contribution in [0.25, 0.3) is 5.52 Å². The fourth-order valence-corrected chi connectivity index (χ4v) is 3.45. The SMILES string of the molecule is c1cc2c(C3CCNCC3)cnn2cc1N1CCOCC1. The van der Waals surface area contributed by atoms with E-state index in [9.17, 15) is 0 Å². The Labute approximate surface area is 124 Å². The lowest BCUT2D eigenvalue weighted by Gasteiger charge is -2.28. The molecule has 112 valence electrons. The molecule has 2 aromatic rings. The maximum Gasteiger partial charge on any atom is 0.0698 e. The van der Waals surface area contributed by atoms with Crippen molar-refractivity contribution >= 4 is 11.2 Å². The highest BCUT2D eigenvalue weighted by Crippen LogP contribution is 2.29. The van der Waals surface area contributed by atoms with Crippen LogP contribution in [-0.2, 0) is 4.74 Å². The fourth-order valence-electron chi connectivity index (χ4n) is 3.45. The molecule has 5 nitrogen and oxygen atoms in total. The summed E-state index contributed by atoms with van der Waals surface area (Å²) in [5.41, 5.74) is 3.91. The van der Waals surface area contributed by atoms with E-state index >= 15 is 0 Å². The molecule has 0 unspecified atom stereocenters. The summed E-state index contributed by atoms with van der Waals surface area (Å²) < 4.78 is 7.47. The maximum atomic E-state index is 5.42. The van der Waals surface area contributed by atoms with Crippen LogP contribution in [0.3, 0.4) is 0 Å². The van der Waals surface area contributed by atoms with Gasteiger partial charge in [0.1, 0.15) is 0 Å². The van der Waals surface area contributed by atoms with Gasteiger partial charge in [0.2, 0.25) is 0 Å². The van der Waals surface area contributed by atoms with Gasteiger partial charge in [-0.3, -0.25) is 0 Å². The molecule has 0 spiro atoms. The van der Waals surface area contributed by atoms with Crippen molar-refractivity contribution in [2.24, 2.45) is 0 Å². The minimum Gasteiger partial charge on any atom is -0.378 e. The molecule has 0 saturated carbocycles. The zero-order valence-corrected chi connectivity index (χ0v) is 12.3. The summed E-state index contributed by atoms with van der Waals surface area (Å²) in [6.45, 7) is 5.80. The molecule has 5 heteroatoms. The van der Waals surface area contributed by atoms with Crippen LogP contribution in [0, 0.1) is 0 Å². The van der Waals surface area contributed by atoms with Crippen LogP contribution in [0.4, 0.5) is 5.69 Å². The van der Waals surface area contributed by atoms with Gasteiger partial charge in [-0.2, -0.15) is 5.10 Å². The Morgan fingerprint density at radius 2 is 1.95 bits per heavy atom. The highest BCUT2D eigenvalue weighted by atomic mass is 16.5. The summed E-state index contributed by atoms with van der Waals surface area (Å²) in [5.74, 6) is 0.651. The Balaban J connectivity index is 1.63. The molecule has 0 atom stereocenters. The smallest absolute Gasteiger partial charge is 0.0698 e. The van der Waals surface area contributed by atoms with Gasteiger partial charge in [0.25, 0.3) is 0 Å². The third-order valence-corrected chi connectivity index (χ3v) is 4.69. The number of fused-ring (bicyclic) bond motifs is 1. The number of anilines is 1. The summed E-state index contributed by atoms with van der Waals surface area (Å²) >= 11 is 0. The second-order valence-corrected chi connectivity index (χ2v) is 5.94. The van der Waals surface area contributed by atoms with Crippen molar-refractivity contribution < 1.29 is 4.74 Å². The van der Waals surface area contributed by atoms with Gasteiger partial charge in [-0.25, -0.2) is 4.52 Å². The second-order valence-electron chi connectivity index (χ2n) is 5.94. The molecular formula is C16H22N4O. The van der Waals surface area contributed by atoms with Crippen molar-refractivity contribution in [1.82, 2.24) is 14.9 Å². The van der Waals surface area contributed by atoms with Crippen LogP contribution >= 0.6 is 0 Å². The molecule has 0 aromatic carbocycles. The zero-order chi connectivity index (χ0) is 14.1. The van der Waals surface area contributed by atoms with E-state index in [4.69, 9.17) is 4.74 Å². The second kappa shape index (κ2) is 5.66. The van der Waals surface area contributed by atoms with E-state index < -0.39 is 0 Å². The van der Waals surface area contributed by atoms with Gasteiger partial charge >= 0.3 is 0 Å². The van der Waals surface area contributed by atoms with Crippen molar-refractivity contribution in [2.75, 3.05) is 44.3 Å². The minimum atomic E-state index is 0.651. The van der Waals surface area contributed by atoms with Gasteiger partial charge in [-0.05, 0) is 44.0 Å². The van der Waals surface area contributed by atoms with Crippen LogP contribution < -0.4 is 10.2 Å². The summed E-state index contributed by atoms with van der Waals surface area (Å²) in [7, 11) is 0. The molecule has 21 heavy (non-hydrogen) atoms. The van der Waals surface area contributed by atoms with Crippen LogP contribution in [-0.4, -0.2) is 49.0 Å². The quantitative estimate of drug-likeness (QED) is 0.911. The van der Waals surface area contributed by atoms with Gasteiger partial charge < -0.3 is 15.0 Å². The van der Waals surface area contributed by atoms with Crippen molar-refractivity contribution in [1.29, 1.82) is 0 Å². The molecule has 1 N–H and O–H groups in total. The number of pyridine rings is 1. The average molecular weight is 286 g/mol. The van der Waals surface area contributed by atoms with Gasteiger partial charge in [0, 0.05) is 18.7 Å². The summed E-state index contributed by atoms with van der Waals surface area (Å²) in [6, 6.07) is 4.46. The average Bonchev–Trinajstić information content (AvgIpc) is 2.99. The van der Waals surface area contributed by atoms with Crippen LogP contribution in [0.15, 0.2) is 24.5 Å². The molecule has 2 aliphatic heterocycles. The predicted molar refractivity (Wildman–Crippen MR) is 83.1 cm³/mol. The number of hydrogen-bond donors (Lipinski definition) is 1. The molecular weight excluding hydrogens is 264 g/mol. The first-order valence-corrected chi connectivity index (χ1v) is 7.92. The largest absolute Gasteiger partial charge is 0.378 e. The highest BCUT2D eigenvalue weighted by molar-refractivity contribution is 5.60. The number of piperidine rings is 1. The fraction of sp³-hybridized carbons (Fsp3) is 0.562. The number of ether oxygens (including phenoxy) is 1. The first kappa shape index (κ1) is 13.1. The van der Waals surface area contributed by atoms with Crippen molar-refractivity contribution in [3.8, 4) is 0 Å². The zero-order valence-electron chi connectivity index (χ0n) is 12.3. The topological polar surface area (TPSA) is 41.8 Å². The van der Waals surface area contributed by atoms with Crippen molar-refractivity contribution in [3.05, 3.63) is 30.1 Å². The first-order valence-electron chi connectivity index (χ1n) is 7.92. The normalized spacial score (nSPS) is 21.0.